The number of non-ortho nitro benzene ring substituents is 1. The van der Waals surface area contributed by atoms with E-state index in [0.717, 1.165) is 6.07 Å². The first-order chi connectivity index (χ1) is 12.0. The van der Waals surface area contributed by atoms with E-state index >= 15 is 0 Å². The van der Waals surface area contributed by atoms with Crippen molar-refractivity contribution < 1.29 is 10.0 Å². The van der Waals surface area contributed by atoms with E-state index in [1.54, 1.807) is 31.2 Å². The summed E-state index contributed by atoms with van der Waals surface area (Å²) in [6, 6.07) is 12.4. The van der Waals surface area contributed by atoms with Crippen molar-refractivity contribution in [3.05, 3.63) is 74.7 Å². The molecule has 9 nitrogen and oxygen atoms in total. The Kier molecular flexibility index (Phi) is 4.12. The number of benzene rings is 2. The molecule has 1 aromatic heterocycles. The summed E-state index contributed by atoms with van der Waals surface area (Å²) in [6.07, 6.45) is 0. The lowest BCUT2D eigenvalue weighted by Gasteiger charge is -1.99. The van der Waals surface area contributed by atoms with Crippen LogP contribution in [0.15, 0.2) is 63.6 Å². The third kappa shape index (κ3) is 3.15. The van der Waals surface area contributed by atoms with Crippen LogP contribution in [0.1, 0.15) is 5.69 Å². The van der Waals surface area contributed by atoms with Crippen molar-refractivity contribution in [3.8, 4) is 11.4 Å². The molecule has 9 heteroatoms. The van der Waals surface area contributed by atoms with Crippen molar-refractivity contribution >= 4 is 17.1 Å². The Bertz CT molecular complexity index is 1020. The Morgan fingerprint density at radius 2 is 1.88 bits per heavy atom. The van der Waals surface area contributed by atoms with Crippen LogP contribution in [0.25, 0.3) is 5.69 Å². The zero-order valence-corrected chi connectivity index (χ0v) is 13.1. The molecule has 0 aliphatic heterocycles. The van der Waals surface area contributed by atoms with E-state index < -0.39 is 16.2 Å². The maximum Gasteiger partial charge on any atom is 0.299 e. The standard InChI is InChI=1S/C16H13N5O4/c1-10-15(16(23)20(19-10)11-5-3-2-4-6-11)18-17-13-8-7-12(21(24)25)9-14(13)22/h2-9,19,22H,1H3. The average Bonchev–Trinajstić information content (AvgIpc) is 2.89. The number of phenols is 1. The molecule has 0 aliphatic carbocycles. The Labute approximate surface area is 141 Å². The molecule has 25 heavy (non-hydrogen) atoms. The minimum absolute atomic E-state index is 0.0249. The van der Waals surface area contributed by atoms with Gasteiger partial charge in [0.15, 0.2) is 5.69 Å². The summed E-state index contributed by atoms with van der Waals surface area (Å²) in [7, 11) is 0. The zero-order valence-electron chi connectivity index (χ0n) is 13.1. The van der Waals surface area contributed by atoms with Crippen LogP contribution in [-0.2, 0) is 0 Å². The van der Waals surface area contributed by atoms with Crippen molar-refractivity contribution in [2.24, 2.45) is 10.2 Å². The van der Waals surface area contributed by atoms with E-state index in [2.05, 4.69) is 15.3 Å². The number of nitrogens with one attached hydrogen (secondary N) is 1. The molecule has 2 aromatic carbocycles. The van der Waals surface area contributed by atoms with Gasteiger partial charge in [-0.15, -0.1) is 10.2 Å². The van der Waals surface area contributed by atoms with E-state index in [1.165, 1.54) is 16.8 Å². The first-order valence-electron chi connectivity index (χ1n) is 7.23. The Balaban J connectivity index is 1.96. The average molecular weight is 339 g/mol. The third-order valence-electron chi connectivity index (χ3n) is 3.48. The highest BCUT2D eigenvalue weighted by molar-refractivity contribution is 5.56. The van der Waals surface area contributed by atoms with Gasteiger partial charge in [-0.05, 0) is 25.1 Å². The smallest absolute Gasteiger partial charge is 0.299 e. The second-order valence-corrected chi connectivity index (χ2v) is 5.19. The van der Waals surface area contributed by atoms with Crippen LogP contribution in [0.5, 0.6) is 5.75 Å². The number of azo groups is 1. The highest BCUT2D eigenvalue weighted by atomic mass is 16.6. The SMILES string of the molecule is Cc1[nH]n(-c2ccccc2)c(=O)c1N=Nc1ccc([N+](=O)[O-])cc1O. The highest BCUT2D eigenvalue weighted by Gasteiger charge is 2.13. The normalized spacial score (nSPS) is 11.1. The fraction of sp³-hybridized carbons (Fsp3) is 0.0625. The topological polar surface area (TPSA) is 126 Å². The van der Waals surface area contributed by atoms with E-state index in [9.17, 15) is 20.0 Å². The summed E-state index contributed by atoms with van der Waals surface area (Å²) in [6.45, 7) is 1.67. The van der Waals surface area contributed by atoms with Crippen molar-refractivity contribution in [3.63, 3.8) is 0 Å². The molecule has 0 amide bonds. The van der Waals surface area contributed by atoms with Gasteiger partial charge in [0.25, 0.3) is 11.2 Å². The van der Waals surface area contributed by atoms with Gasteiger partial charge in [-0.25, -0.2) is 4.68 Å². The van der Waals surface area contributed by atoms with Crippen molar-refractivity contribution in [2.75, 3.05) is 0 Å². The van der Waals surface area contributed by atoms with Gasteiger partial charge in [0, 0.05) is 6.07 Å². The molecule has 0 bridgehead atoms. The van der Waals surface area contributed by atoms with E-state index in [1.807, 2.05) is 6.07 Å². The number of aryl methyl sites for hydroxylation is 1. The van der Waals surface area contributed by atoms with E-state index in [-0.39, 0.29) is 17.1 Å². The molecule has 126 valence electrons. The molecule has 3 rings (SSSR count). The molecule has 0 saturated carbocycles. The number of hydrogen-bond donors (Lipinski definition) is 2. The van der Waals surface area contributed by atoms with Gasteiger partial charge < -0.3 is 5.11 Å². The fourth-order valence-electron chi connectivity index (χ4n) is 2.23. The quantitative estimate of drug-likeness (QED) is 0.428. The van der Waals surface area contributed by atoms with Crippen LogP contribution in [0.2, 0.25) is 0 Å². The van der Waals surface area contributed by atoms with Crippen molar-refractivity contribution in [2.45, 2.75) is 6.92 Å². The number of para-hydroxylation sites is 1. The highest BCUT2D eigenvalue weighted by Crippen LogP contribution is 2.31. The first kappa shape index (κ1) is 16.1. The van der Waals surface area contributed by atoms with Crippen LogP contribution in [0, 0.1) is 17.0 Å². The van der Waals surface area contributed by atoms with Crippen LogP contribution in [0.3, 0.4) is 0 Å². The minimum atomic E-state index is -0.629. The van der Waals surface area contributed by atoms with Crippen LogP contribution in [-0.4, -0.2) is 19.8 Å². The molecule has 0 atom stereocenters. The molecule has 0 fully saturated rings. The first-order valence-corrected chi connectivity index (χ1v) is 7.23. The van der Waals surface area contributed by atoms with Crippen LogP contribution >= 0.6 is 0 Å². The molecule has 0 spiro atoms. The summed E-state index contributed by atoms with van der Waals surface area (Å²) in [5, 5.41) is 31.1. The largest absolute Gasteiger partial charge is 0.505 e. The Hall–Kier alpha value is -3.75. The number of hydrogen-bond acceptors (Lipinski definition) is 6. The Morgan fingerprint density at radius 1 is 1.16 bits per heavy atom. The maximum atomic E-state index is 12.5. The van der Waals surface area contributed by atoms with E-state index in [0.29, 0.717) is 11.4 Å². The zero-order chi connectivity index (χ0) is 18.0. The van der Waals surface area contributed by atoms with Crippen molar-refractivity contribution in [1.29, 1.82) is 0 Å². The number of nitro groups is 1. The molecule has 2 N–H and O–H groups in total. The van der Waals surface area contributed by atoms with Gasteiger partial charge in [-0.1, -0.05) is 18.2 Å². The predicted molar refractivity (Wildman–Crippen MR) is 90.1 cm³/mol. The lowest BCUT2D eigenvalue weighted by molar-refractivity contribution is -0.384. The summed E-state index contributed by atoms with van der Waals surface area (Å²) in [5.74, 6) is -0.394. The number of aromatic hydroxyl groups is 1. The molecule has 0 aliphatic rings. The Morgan fingerprint density at radius 3 is 2.52 bits per heavy atom. The summed E-state index contributed by atoms with van der Waals surface area (Å²) in [4.78, 5) is 22.5. The molecule has 0 saturated heterocycles. The molecule has 3 aromatic rings. The maximum absolute atomic E-state index is 12.5. The van der Waals surface area contributed by atoms with E-state index in [4.69, 9.17) is 0 Å². The second-order valence-electron chi connectivity index (χ2n) is 5.19. The number of H-pyrrole nitrogens is 1. The summed E-state index contributed by atoms with van der Waals surface area (Å²) in [5.41, 5.74) is 0.599. The van der Waals surface area contributed by atoms with Crippen LogP contribution < -0.4 is 5.56 Å². The van der Waals surface area contributed by atoms with Gasteiger partial charge in [0.2, 0.25) is 0 Å². The molecule has 1 heterocycles. The fourth-order valence-corrected chi connectivity index (χ4v) is 2.23. The lowest BCUT2D eigenvalue weighted by Crippen LogP contribution is -2.13. The van der Waals surface area contributed by atoms with Gasteiger partial charge >= 0.3 is 0 Å². The monoisotopic (exact) mass is 339 g/mol. The van der Waals surface area contributed by atoms with Gasteiger partial charge in [0.1, 0.15) is 11.4 Å². The third-order valence-corrected chi connectivity index (χ3v) is 3.48. The summed E-state index contributed by atoms with van der Waals surface area (Å²) >= 11 is 0. The van der Waals surface area contributed by atoms with Gasteiger partial charge in [-0.2, -0.15) is 0 Å². The second kappa shape index (κ2) is 6.40. The molecular formula is C16H13N5O4. The van der Waals surface area contributed by atoms with Gasteiger partial charge in [0.05, 0.1) is 22.4 Å². The van der Waals surface area contributed by atoms with Gasteiger partial charge in [-0.3, -0.25) is 20.0 Å². The number of rotatable bonds is 4. The number of nitro benzene ring substituents is 1. The number of phenolic OH excluding ortho intramolecular Hbond substituents is 1. The van der Waals surface area contributed by atoms with Crippen molar-refractivity contribution in [1.82, 2.24) is 9.78 Å². The predicted octanol–water partition coefficient (Wildman–Crippen LogP) is 3.50. The lowest BCUT2D eigenvalue weighted by atomic mass is 10.2. The minimum Gasteiger partial charge on any atom is -0.505 e. The number of aromatic nitrogens is 2. The van der Waals surface area contributed by atoms with Crippen LogP contribution in [0.4, 0.5) is 17.1 Å². The molecule has 0 radical (unpaired) electrons. The molecular weight excluding hydrogens is 326 g/mol. The molecule has 0 unspecified atom stereocenters. The number of aromatic amines is 1. The number of nitrogens with zero attached hydrogens (tertiary/aromatic N) is 4. The summed E-state index contributed by atoms with van der Waals surface area (Å²) < 4.78 is 1.33.